The number of rotatable bonds is 0. The molecular weight excluding hydrogens is 680 g/mol. The average molecular weight is 701 g/mol. The summed E-state index contributed by atoms with van der Waals surface area (Å²) in [6.07, 6.45) is 2.03. The van der Waals surface area contributed by atoms with Gasteiger partial charge in [0.05, 0.1) is 11.0 Å². The van der Waals surface area contributed by atoms with E-state index in [-0.39, 0.29) is 0 Å². The van der Waals surface area contributed by atoms with E-state index in [9.17, 15) is 0 Å². The van der Waals surface area contributed by atoms with Crippen molar-refractivity contribution in [2.45, 2.75) is 13.8 Å². The van der Waals surface area contributed by atoms with Crippen LogP contribution in [0, 0.1) is 13.8 Å². The van der Waals surface area contributed by atoms with Crippen molar-refractivity contribution in [3.05, 3.63) is 116 Å². The standard InChI is InChI=1S/C16H10Br2N2.C16H11BrN2/c1-9-5-4-8-12-13(9)10-6-2-3-7-11(10)16-19-14(17)15(18)20(12)16;1-10-5-4-8-13-15(10)11-6-2-3-7-12(11)16-18-14(17)9-19(13)16/h2-8H,1H3;2-9H,1H3. The molecule has 0 aliphatic heterocycles. The van der Waals surface area contributed by atoms with Crippen molar-refractivity contribution in [1.82, 2.24) is 18.8 Å². The van der Waals surface area contributed by atoms with E-state index in [2.05, 4.69) is 165 Å². The van der Waals surface area contributed by atoms with E-state index in [0.29, 0.717) is 0 Å². The van der Waals surface area contributed by atoms with Crippen LogP contribution in [0.3, 0.4) is 0 Å². The maximum absolute atomic E-state index is 4.65. The molecule has 4 heterocycles. The summed E-state index contributed by atoms with van der Waals surface area (Å²) in [5.74, 6) is 0. The molecule has 0 saturated carbocycles. The van der Waals surface area contributed by atoms with Gasteiger partial charge in [-0.1, -0.05) is 72.8 Å². The molecule has 0 atom stereocenters. The highest BCUT2D eigenvalue weighted by Gasteiger charge is 2.16. The first-order chi connectivity index (χ1) is 18.9. The maximum Gasteiger partial charge on any atom is 0.147 e. The van der Waals surface area contributed by atoms with Crippen molar-refractivity contribution >= 4 is 102 Å². The molecule has 0 aliphatic carbocycles. The van der Waals surface area contributed by atoms with Crippen LogP contribution < -0.4 is 0 Å². The van der Waals surface area contributed by atoms with Crippen molar-refractivity contribution in [3.8, 4) is 0 Å². The van der Waals surface area contributed by atoms with Crippen molar-refractivity contribution in [2.24, 2.45) is 0 Å². The minimum Gasteiger partial charge on any atom is -0.298 e. The van der Waals surface area contributed by atoms with Gasteiger partial charge in [0.15, 0.2) is 0 Å². The summed E-state index contributed by atoms with van der Waals surface area (Å²) in [6.45, 7) is 4.31. The number of fused-ring (bicyclic) bond motifs is 12. The zero-order valence-corrected chi connectivity index (χ0v) is 25.8. The first kappa shape index (κ1) is 24.8. The molecule has 0 aliphatic rings. The van der Waals surface area contributed by atoms with Crippen LogP contribution in [0.2, 0.25) is 0 Å². The summed E-state index contributed by atoms with van der Waals surface area (Å²) < 4.78 is 6.97. The first-order valence-electron chi connectivity index (χ1n) is 12.5. The van der Waals surface area contributed by atoms with E-state index in [1.54, 1.807) is 0 Å². The lowest BCUT2D eigenvalue weighted by Gasteiger charge is -2.10. The average Bonchev–Trinajstić information content (AvgIpc) is 3.49. The van der Waals surface area contributed by atoms with Gasteiger partial charge < -0.3 is 0 Å². The van der Waals surface area contributed by atoms with Crippen LogP contribution in [0.4, 0.5) is 0 Å². The van der Waals surface area contributed by atoms with Crippen LogP contribution in [-0.4, -0.2) is 18.8 Å². The predicted molar refractivity (Wildman–Crippen MR) is 173 cm³/mol. The Morgan fingerprint density at radius 1 is 0.564 bits per heavy atom. The Morgan fingerprint density at radius 3 is 1.74 bits per heavy atom. The number of aromatic nitrogens is 4. The number of benzene rings is 4. The Labute approximate surface area is 249 Å². The van der Waals surface area contributed by atoms with Crippen molar-refractivity contribution < 1.29 is 0 Å². The molecule has 0 bridgehead atoms. The van der Waals surface area contributed by atoms with Crippen molar-refractivity contribution in [3.63, 3.8) is 0 Å². The second-order valence-corrected chi connectivity index (χ2v) is 12.0. The monoisotopic (exact) mass is 698 g/mol. The van der Waals surface area contributed by atoms with E-state index in [1.165, 1.54) is 54.5 Å². The Morgan fingerprint density at radius 2 is 1.10 bits per heavy atom. The summed E-state index contributed by atoms with van der Waals surface area (Å²) in [4.78, 5) is 9.25. The molecule has 4 aromatic heterocycles. The molecule has 8 rings (SSSR count). The summed E-state index contributed by atoms with van der Waals surface area (Å²) >= 11 is 10.6. The third kappa shape index (κ3) is 3.82. The highest BCUT2D eigenvalue weighted by atomic mass is 79.9. The zero-order valence-electron chi connectivity index (χ0n) is 21.1. The Bertz CT molecular complexity index is 2240. The largest absolute Gasteiger partial charge is 0.298 e. The zero-order chi connectivity index (χ0) is 26.8. The summed E-state index contributed by atoms with van der Waals surface area (Å²) in [6, 6.07) is 29.7. The second kappa shape index (κ2) is 9.44. The molecule has 0 amide bonds. The fourth-order valence-corrected chi connectivity index (χ4v) is 6.85. The minimum atomic E-state index is 0.830. The molecule has 0 saturated heterocycles. The van der Waals surface area contributed by atoms with E-state index < -0.39 is 0 Å². The van der Waals surface area contributed by atoms with E-state index in [0.717, 1.165) is 25.1 Å². The molecule has 0 fully saturated rings. The Kier molecular flexibility index (Phi) is 5.99. The van der Waals surface area contributed by atoms with Crippen molar-refractivity contribution in [2.75, 3.05) is 0 Å². The molecule has 0 N–H and O–H groups in total. The normalized spacial score (nSPS) is 11.7. The van der Waals surface area contributed by atoms with Gasteiger partial charge in [0.1, 0.15) is 25.1 Å². The number of aryl methyl sites for hydroxylation is 2. The fourth-order valence-electron chi connectivity index (χ4n) is 5.68. The first-order valence-corrected chi connectivity index (χ1v) is 14.9. The molecule has 4 aromatic carbocycles. The summed E-state index contributed by atoms with van der Waals surface area (Å²) in [7, 11) is 0. The number of halogens is 3. The molecular formula is C32H21Br3N4. The predicted octanol–water partition coefficient (Wildman–Crippen LogP) is 10.2. The topological polar surface area (TPSA) is 34.6 Å². The lowest BCUT2D eigenvalue weighted by atomic mass is 10.0. The number of imidazole rings is 2. The highest BCUT2D eigenvalue weighted by Crippen LogP contribution is 2.36. The van der Waals surface area contributed by atoms with Crippen molar-refractivity contribution in [1.29, 1.82) is 0 Å². The second-order valence-electron chi connectivity index (χ2n) is 9.64. The van der Waals surface area contributed by atoms with Gasteiger partial charge in [-0.2, -0.15) is 0 Å². The van der Waals surface area contributed by atoms with E-state index >= 15 is 0 Å². The number of nitrogens with zero attached hydrogens (tertiary/aromatic N) is 4. The van der Waals surface area contributed by atoms with Gasteiger partial charge in [-0.15, -0.1) is 0 Å². The van der Waals surface area contributed by atoms with Gasteiger partial charge in [0, 0.05) is 27.7 Å². The SMILES string of the molecule is Cc1cccc2c1c1ccccc1c1nc(Br)c(Br)n21.Cc1cccc2c1c1ccccc1c1nc(Br)cn21. The summed E-state index contributed by atoms with van der Waals surface area (Å²) in [5.41, 5.74) is 6.91. The molecule has 0 radical (unpaired) electrons. The minimum absolute atomic E-state index is 0.830. The van der Waals surface area contributed by atoms with Crippen LogP contribution in [0.5, 0.6) is 0 Å². The quantitative estimate of drug-likeness (QED) is 0.148. The van der Waals surface area contributed by atoms with Gasteiger partial charge in [0.25, 0.3) is 0 Å². The van der Waals surface area contributed by atoms with Crippen LogP contribution in [0.1, 0.15) is 11.1 Å². The molecule has 190 valence electrons. The third-order valence-corrected chi connectivity index (χ3v) is 9.53. The molecule has 7 heteroatoms. The van der Waals surface area contributed by atoms with Gasteiger partial charge in [-0.3, -0.25) is 8.80 Å². The fraction of sp³-hybridized carbons (Fsp3) is 0.0625. The van der Waals surface area contributed by atoms with Crippen LogP contribution in [0.15, 0.2) is 105 Å². The van der Waals surface area contributed by atoms with Crippen LogP contribution in [-0.2, 0) is 0 Å². The number of pyridine rings is 2. The number of hydrogen-bond donors (Lipinski definition) is 0. The smallest absolute Gasteiger partial charge is 0.147 e. The lowest BCUT2D eigenvalue weighted by molar-refractivity contribution is 1.23. The molecule has 39 heavy (non-hydrogen) atoms. The molecule has 0 unspecified atom stereocenters. The summed E-state index contributed by atoms with van der Waals surface area (Å²) in [5, 5.41) is 7.45. The van der Waals surface area contributed by atoms with E-state index in [4.69, 9.17) is 0 Å². The van der Waals surface area contributed by atoms with Crippen LogP contribution in [0.25, 0.3) is 54.6 Å². The molecule has 0 spiro atoms. The van der Waals surface area contributed by atoms with Gasteiger partial charge in [0.2, 0.25) is 0 Å². The highest BCUT2D eigenvalue weighted by molar-refractivity contribution is 9.13. The maximum atomic E-state index is 4.65. The van der Waals surface area contributed by atoms with Gasteiger partial charge in [-0.05, 0) is 95.7 Å². The van der Waals surface area contributed by atoms with E-state index in [1.807, 2.05) is 6.20 Å². The molecule has 8 aromatic rings. The molecule has 4 nitrogen and oxygen atoms in total. The van der Waals surface area contributed by atoms with Crippen LogP contribution >= 0.6 is 47.8 Å². The lowest BCUT2D eigenvalue weighted by Crippen LogP contribution is -1.93. The number of hydrogen-bond acceptors (Lipinski definition) is 2. The van der Waals surface area contributed by atoms with Gasteiger partial charge >= 0.3 is 0 Å². The Balaban J connectivity index is 0.000000130. The third-order valence-electron chi connectivity index (χ3n) is 7.34. The Hall–Kier alpha value is -3.26. The van der Waals surface area contributed by atoms with Gasteiger partial charge in [-0.25, -0.2) is 9.97 Å².